The molecule has 1 N–H and O–H groups in total. The summed E-state index contributed by atoms with van der Waals surface area (Å²) in [5.41, 5.74) is 4.06. The van der Waals surface area contributed by atoms with E-state index in [2.05, 4.69) is 89.3 Å². The van der Waals surface area contributed by atoms with Crippen LogP contribution in [0.25, 0.3) is 6.08 Å². The Labute approximate surface area is 165 Å². The fourth-order valence-corrected chi connectivity index (χ4v) is 5.91. The Hall–Kier alpha value is -1.60. The number of hydrogen-bond donors (Lipinski definition) is 1. The summed E-state index contributed by atoms with van der Waals surface area (Å²) in [6.07, 6.45) is 12.9. The van der Waals surface area contributed by atoms with E-state index in [-0.39, 0.29) is 17.4 Å². The van der Waals surface area contributed by atoms with E-state index in [1.54, 1.807) is 11.1 Å². The molecular formula is C26H36O. The van der Waals surface area contributed by atoms with Gasteiger partial charge in [-0.3, -0.25) is 0 Å². The Morgan fingerprint density at radius 1 is 1.04 bits per heavy atom. The molecule has 2 aliphatic rings. The van der Waals surface area contributed by atoms with Crippen molar-refractivity contribution in [1.29, 1.82) is 0 Å². The molecule has 5 atom stereocenters. The van der Waals surface area contributed by atoms with Crippen molar-refractivity contribution < 1.29 is 5.11 Å². The fourth-order valence-electron chi connectivity index (χ4n) is 5.91. The first-order valence-electron chi connectivity index (χ1n) is 10.7. The second-order valence-corrected chi connectivity index (χ2v) is 8.74. The molecule has 0 radical (unpaired) electrons. The molecule has 0 heterocycles. The molecule has 2 aliphatic carbocycles. The molecule has 0 saturated heterocycles. The Morgan fingerprint density at radius 2 is 1.70 bits per heavy atom. The van der Waals surface area contributed by atoms with Crippen LogP contribution in [0.4, 0.5) is 0 Å². The Morgan fingerprint density at radius 3 is 2.26 bits per heavy atom. The van der Waals surface area contributed by atoms with Crippen LogP contribution in [-0.4, -0.2) is 11.7 Å². The third kappa shape index (κ3) is 3.14. The summed E-state index contributed by atoms with van der Waals surface area (Å²) < 4.78 is 0. The molecule has 0 bridgehead atoms. The van der Waals surface area contributed by atoms with Crippen LogP contribution in [0.5, 0.6) is 0 Å². The number of benzene rings is 1. The third-order valence-electron chi connectivity index (χ3n) is 7.53. The van der Waals surface area contributed by atoms with Gasteiger partial charge in [0.15, 0.2) is 0 Å². The molecule has 146 valence electrons. The van der Waals surface area contributed by atoms with Gasteiger partial charge in [0, 0.05) is 10.8 Å². The third-order valence-corrected chi connectivity index (χ3v) is 7.53. The van der Waals surface area contributed by atoms with E-state index in [0.717, 1.165) is 19.3 Å². The number of rotatable bonds is 6. The maximum absolute atomic E-state index is 10.7. The minimum Gasteiger partial charge on any atom is -0.396 e. The monoisotopic (exact) mass is 364 g/mol. The molecule has 0 unspecified atom stereocenters. The molecule has 1 aromatic carbocycles. The lowest BCUT2D eigenvalue weighted by atomic mass is 9.48. The van der Waals surface area contributed by atoms with E-state index < -0.39 is 0 Å². The summed E-state index contributed by atoms with van der Waals surface area (Å²) in [7, 11) is 0. The summed E-state index contributed by atoms with van der Waals surface area (Å²) in [4.78, 5) is 0. The highest BCUT2D eigenvalue weighted by atomic mass is 16.3. The van der Waals surface area contributed by atoms with Crippen molar-refractivity contribution >= 4 is 6.08 Å². The molecule has 1 nitrogen and oxygen atoms in total. The maximum atomic E-state index is 10.7. The molecule has 1 heteroatoms. The van der Waals surface area contributed by atoms with Crippen molar-refractivity contribution in [2.75, 3.05) is 6.61 Å². The SMILES string of the molecule is CCC1=C[C@@](/C=C/c2ccccc2)(CC)[C@](C)(CO)[C@H]2C(CC)=C[C@@H](C)[C@H]12. The quantitative estimate of drug-likeness (QED) is 0.559. The predicted octanol–water partition coefficient (Wildman–Crippen LogP) is 6.66. The minimum atomic E-state index is -0.178. The van der Waals surface area contributed by atoms with Gasteiger partial charge in [0.05, 0.1) is 6.61 Å². The van der Waals surface area contributed by atoms with E-state index in [4.69, 9.17) is 0 Å². The van der Waals surface area contributed by atoms with Gasteiger partial charge in [-0.2, -0.15) is 0 Å². The van der Waals surface area contributed by atoms with Crippen molar-refractivity contribution in [3.63, 3.8) is 0 Å². The number of aliphatic hydroxyl groups is 1. The summed E-state index contributed by atoms with van der Waals surface area (Å²) in [6.45, 7) is 11.8. The number of allylic oxidation sites excluding steroid dienone is 5. The van der Waals surface area contributed by atoms with Crippen LogP contribution in [0.1, 0.15) is 59.4 Å². The lowest BCUT2D eigenvalue weighted by Gasteiger charge is -2.55. The van der Waals surface area contributed by atoms with Crippen molar-refractivity contribution in [2.24, 2.45) is 28.6 Å². The van der Waals surface area contributed by atoms with Gasteiger partial charge in [-0.25, -0.2) is 0 Å². The van der Waals surface area contributed by atoms with Gasteiger partial charge in [0.25, 0.3) is 0 Å². The normalized spacial score (nSPS) is 35.9. The van der Waals surface area contributed by atoms with Gasteiger partial charge in [-0.15, -0.1) is 0 Å². The molecular weight excluding hydrogens is 328 g/mol. The van der Waals surface area contributed by atoms with E-state index >= 15 is 0 Å². The predicted molar refractivity (Wildman–Crippen MR) is 116 cm³/mol. The topological polar surface area (TPSA) is 20.2 Å². The van der Waals surface area contributed by atoms with Crippen LogP contribution in [0.15, 0.2) is 59.7 Å². The van der Waals surface area contributed by atoms with Crippen LogP contribution in [0.3, 0.4) is 0 Å². The standard InChI is InChI=1S/C26H36O/c1-6-21-16-19(4)23-22(7-2)17-26(8-3,25(5,18-27)24(21)23)15-14-20-12-10-9-11-13-20/h9-17,19,23-24,27H,6-8,18H2,1-5H3/b15-14+/t19-,23-,24+,25-,26+/m1/s1. The van der Waals surface area contributed by atoms with Gasteiger partial charge in [0.1, 0.15) is 0 Å². The van der Waals surface area contributed by atoms with E-state index in [1.165, 1.54) is 5.56 Å². The Balaban J connectivity index is 2.16. The van der Waals surface area contributed by atoms with E-state index in [1.807, 2.05) is 0 Å². The van der Waals surface area contributed by atoms with Crippen molar-refractivity contribution in [2.45, 2.75) is 53.9 Å². The number of hydrogen-bond acceptors (Lipinski definition) is 1. The van der Waals surface area contributed by atoms with E-state index in [9.17, 15) is 5.11 Å². The zero-order chi connectivity index (χ0) is 19.7. The van der Waals surface area contributed by atoms with Crippen LogP contribution < -0.4 is 0 Å². The number of aliphatic hydroxyl groups excluding tert-OH is 1. The number of fused-ring (bicyclic) bond motifs is 1. The minimum absolute atomic E-state index is 0.123. The average molecular weight is 365 g/mol. The maximum Gasteiger partial charge on any atom is 0.0502 e. The first-order valence-corrected chi connectivity index (χ1v) is 10.7. The van der Waals surface area contributed by atoms with Gasteiger partial charge < -0.3 is 5.11 Å². The van der Waals surface area contributed by atoms with Crippen LogP contribution in [0, 0.1) is 28.6 Å². The smallest absolute Gasteiger partial charge is 0.0502 e. The van der Waals surface area contributed by atoms with Gasteiger partial charge in [0.2, 0.25) is 0 Å². The lowest BCUT2D eigenvalue weighted by molar-refractivity contribution is -0.0179. The first kappa shape index (κ1) is 20.1. The second kappa shape index (κ2) is 7.80. The first-order chi connectivity index (χ1) is 13.0. The highest BCUT2D eigenvalue weighted by Gasteiger charge is 2.57. The zero-order valence-corrected chi connectivity index (χ0v) is 17.7. The highest BCUT2D eigenvalue weighted by Crippen LogP contribution is 2.63. The van der Waals surface area contributed by atoms with Crippen LogP contribution in [0.2, 0.25) is 0 Å². The summed E-state index contributed by atoms with van der Waals surface area (Å²) in [6, 6.07) is 10.5. The highest BCUT2D eigenvalue weighted by molar-refractivity contribution is 5.52. The molecule has 0 aromatic heterocycles. The Kier molecular flexibility index (Phi) is 5.82. The summed E-state index contributed by atoms with van der Waals surface area (Å²) in [5, 5.41) is 10.7. The van der Waals surface area contributed by atoms with Crippen LogP contribution >= 0.6 is 0 Å². The van der Waals surface area contributed by atoms with Crippen molar-refractivity contribution in [1.82, 2.24) is 0 Å². The van der Waals surface area contributed by atoms with E-state index in [0.29, 0.717) is 17.8 Å². The van der Waals surface area contributed by atoms with Crippen molar-refractivity contribution in [3.05, 3.63) is 65.3 Å². The lowest BCUT2D eigenvalue weighted by Crippen LogP contribution is -2.51. The van der Waals surface area contributed by atoms with Crippen LogP contribution in [-0.2, 0) is 0 Å². The van der Waals surface area contributed by atoms with Gasteiger partial charge in [-0.1, -0.05) is 100 Å². The molecule has 0 amide bonds. The average Bonchev–Trinajstić information content (AvgIpc) is 3.06. The van der Waals surface area contributed by atoms with Gasteiger partial charge in [-0.05, 0) is 42.6 Å². The molecule has 0 spiro atoms. The summed E-state index contributed by atoms with van der Waals surface area (Å²) >= 11 is 0. The molecule has 1 aromatic rings. The van der Waals surface area contributed by atoms with Crippen molar-refractivity contribution in [3.8, 4) is 0 Å². The molecule has 0 fully saturated rings. The molecule has 0 aliphatic heterocycles. The largest absolute Gasteiger partial charge is 0.396 e. The molecule has 27 heavy (non-hydrogen) atoms. The molecule has 0 saturated carbocycles. The summed E-state index contributed by atoms with van der Waals surface area (Å²) in [5.74, 6) is 1.55. The zero-order valence-electron chi connectivity index (χ0n) is 17.7. The van der Waals surface area contributed by atoms with Gasteiger partial charge >= 0.3 is 0 Å². The fraction of sp³-hybridized carbons (Fsp3) is 0.538. The Bertz CT molecular complexity index is 741. The second-order valence-electron chi connectivity index (χ2n) is 8.74. The molecule has 3 rings (SSSR count).